The van der Waals surface area contributed by atoms with Crippen LogP contribution in [0.1, 0.15) is 13.3 Å². The summed E-state index contributed by atoms with van der Waals surface area (Å²) in [6.45, 7) is 3.31. The van der Waals surface area contributed by atoms with E-state index in [-0.39, 0.29) is 5.75 Å². The van der Waals surface area contributed by atoms with Crippen LogP contribution in [0.2, 0.25) is 0 Å². The normalized spacial score (nSPS) is 11.7. The number of anilines is 1. The lowest BCUT2D eigenvalue weighted by Crippen LogP contribution is -2.27. The summed E-state index contributed by atoms with van der Waals surface area (Å²) >= 11 is 0. The minimum atomic E-state index is -3.36. The van der Waals surface area contributed by atoms with Crippen molar-refractivity contribution in [2.75, 3.05) is 23.6 Å². The smallest absolute Gasteiger partial charge is 0.234 e. The lowest BCUT2D eigenvalue weighted by Gasteiger charge is -2.10. The fourth-order valence-corrected chi connectivity index (χ4v) is 2.93. The van der Waals surface area contributed by atoms with Crippen LogP contribution in [0.25, 0.3) is 10.9 Å². The second-order valence-electron chi connectivity index (χ2n) is 4.55. The third-order valence-electron chi connectivity index (χ3n) is 2.87. The lowest BCUT2D eigenvalue weighted by molar-refractivity contribution is 0.595. The molecule has 0 aliphatic heterocycles. The van der Waals surface area contributed by atoms with Gasteiger partial charge in [0.1, 0.15) is 0 Å². The number of hydrogen-bond donors (Lipinski definition) is 2. The molecule has 0 bridgehead atoms. The molecule has 0 saturated heterocycles. The van der Waals surface area contributed by atoms with Crippen molar-refractivity contribution in [3.05, 3.63) is 36.5 Å². The van der Waals surface area contributed by atoms with Crippen LogP contribution in [0.4, 0.5) is 5.69 Å². The van der Waals surface area contributed by atoms with E-state index < -0.39 is 10.0 Å². The van der Waals surface area contributed by atoms with Gasteiger partial charge in [-0.2, -0.15) is 0 Å². The van der Waals surface area contributed by atoms with Gasteiger partial charge in [0.05, 0.1) is 17.0 Å². The van der Waals surface area contributed by atoms with Crippen LogP contribution >= 0.6 is 0 Å². The van der Waals surface area contributed by atoms with Gasteiger partial charge in [0.2, 0.25) is 10.0 Å². The summed E-state index contributed by atoms with van der Waals surface area (Å²) in [5, 5.41) is 3.99. The molecule has 2 N–H and O–H groups in total. The molecule has 1 aromatic carbocycles. The SMILES string of the molecule is CCCNCCS(=O)(=O)Nc1cccc2cccnc12. The van der Waals surface area contributed by atoms with Crippen molar-refractivity contribution in [3.63, 3.8) is 0 Å². The molecule has 0 aliphatic rings. The molecule has 2 rings (SSSR count). The first-order chi connectivity index (χ1) is 9.62. The van der Waals surface area contributed by atoms with E-state index in [9.17, 15) is 8.42 Å². The van der Waals surface area contributed by atoms with E-state index in [0.29, 0.717) is 17.7 Å². The predicted octanol–water partition coefficient (Wildman–Crippen LogP) is 1.98. The molecule has 0 atom stereocenters. The van der Waals surface area contributed by atoms with Crippen LogP contribution in [0.5, 0.6) is 0 Å². The van der Waals surface area contributed by atoms with Gasteiger partial charge in [-0.3, -0.25) is 9.71 Å². The molecule has 1 aromatic heterocycles. The Kier molecular flexibility index (Phi) is 4.92. The molecule has 2 aromatic rings. The zero-order chi connectivity index (χ0) is 14.4. The Balaban J connectivity index is 2.11. The topological polar surface area (TPSA) is 71.1 Å². The number of aromatic nitrogens is 1. The number of fused-ring (bicyclic) bond motifs is 1. The lowest BCUT2D eigenvalue weighted by atomic mass is 10.2. The Hall–Kier alpha value is -1.66. The van der Waals surface area contributed by atoms with Gasteiger partial charge in [0.25, 0.3) is 0 Å². The fourth-order valence-electron chi connectivity index (χ4n) is 1.91. The molecule has 108 valence electrons. The number of sulfonamides is 1. The number of hydrogen-bond acceptors (Lipinski definition) is 4. The van der Waals surface area contributed by atoms with Crippen molar-refractivity contribution >= 4 is 26.6 Å². The summed E-state index contributed by atoms with van der Waals surface area (Å²) in [5.74, 6) is 0.0518. The summed E-state index contributed by atoms with van der Waals surface area (Å²) in [6.07, 6.45) is 2.64. The van der Waals surface area contributed by atoms with Gasteiger partial charge in [-0.25, -0.2) is 8.42 Å². The maximum atomic E-state index is 12.0. The van der Waals surface area contributed by atoms with Gasteiger partial charge < -0.3 is 5.32 Å². The highest BCUT2D eigenvalue weighted by Gasteiger charge is 2.12. The summed E-state index contributed by atoms with van der Waals surface area (Å²) in [4.78, 5) is 4.23. The van der Waals surface area contributed by atoms with Crippen LogP contribution in [0, 0.1) is 0 Å². The standard InChI is InChI=1S/C14H19N3O2S/c1-2-8-15-10-11-20(18,19)17-13-7-3-5-12-6-4-9-16-14(12)13/h3-7,9,15,17H,2,8,10-11H2,1H3. The largest absolute Gasteiger partial charge is 0.316 e. The molecule has 20 heavy (non-hydrogen) atoms. The molecule has 0 unspecified atom stereocenters. The van der Waals surface area contributed by atoms with Crippen molar-refractivity contribution < 1.29 is 8.42 Å². The van der Waals surface area contributed by atoms with E-state index in [1.807, 2.05) is 31.2 Å². The van der Waals surface area contributed by atoms with E-state index in [1.165, 1.54) is 0 Å². The second-order valence-corrected chi connectivity index (χ2v) is 6.39. The van der Waals surface area contributed by atoms with Crippen molar-refractivity contribution in [2.24, 2.45) is 0 Å². The van der Waals surface area contributed by atoms with Gasteiger partial charge in [0, 0.05) is 18.1 Å². The molecule has 1 heterocycles. The summed E-state index contributed by atoms with van der Waals surface area (Å²) < 4.78 is 26.7. The number of rotatable bonds is 7. The third-order valence-corrected chi connectivity index (χ3v) is 4.15. The predicted molar refractivity (Wildman–Crippen MR) is 82.3 cm³/mol. The molecule has 0 amide bonds. The van der Waals surface area contributed by atoms with Gasteiger partial charge in [0.15, 0.2) is 0 Å². The van der Waals surface area contributed by atoms with Crippen LogP contribution in [0.3, 0.4) is 0 Å². The van der Waals surface area contributed by atoms with Crippen molar-refractivity contribution in [1.29, 1.82) is 0 Å². The number of nitrogens with one attached hydrogen (secondary N) is 2. The van der Waals surface area contributed by atoms with Crippen molar-refractivity contribution in [1.82, 2.24) is 10.3 Å². The first-order valence-electron chi connectivity index (χ1n) is 6.67. The highest BCUT2D eigenvalue weighted by molar-refractivity contribution is 7.92. The number of benzene rings is 1. The van der Waals surface area contributed by atoms with Crippen molar-refractivity contribution in [2.45, 2.75) is 13.3 Å². The van der Waals surface area contributed by atoms with E-state index in [2.05, 4.69) is 15.0 Å². The Morgan fingerprint density at radius 1 is 1.15 bits per heavy atom. The van der Waals surface area contributed by atoms with Gasteiger partial charge in [-0.1, -0.05) is 25.1 Å². The average molecular weight is 293 g/mol. The van der Waals surface area contributed by atoms with E-state index in [0.717, 1.165) is 18.4 Å². The number of pyridine rings is 1. The Morgan fingerprint density at radius 2 is 1.95 bits per heavy atom. The maximum Gasteiger partial charge on any atom is 0.234 e. The number of nitrogens with zero attached hydrogens (tertiary/aromatic N) is 1. The highest BCUT2D eigenvalue weighted by atomic mass is 32.2. The second kappa shape index (κ2) is 6.67. The molecule has 0 saturated carbocycles. The Labute approximate surface area is 119 Å². The monoisotopic (exact) mass is 293 g/mol. The van der Waals surface area contributed by atoms with Gasteiger partial charge >= 0.3 is 0 Å². The average Bonchev–Trinajstić information content (AvgIpc) is 2.44. The third kappa shape index (κ3) is 3.91. The number of para-hydroxylation sites is 1. The zero-order valence-electron chi connectivity index (χ0n) is 11.5. The summed E-state index contributed by atoms with van der Waals surface area (Å²) in [7, 11) is -3.36. The Morgan fingerprint density at radius 3 is 2.75 bits per heavy atom. The first-order valence-corrected chi connectivity index (χ1v) is 8.32. The minimum absolute atomic E-state index is 0.0518. The Bertz CT molecular complexity index is 666. The minimum Gasteiger partial charge on any atom is -0.316 e. The van der Waals surface area contributed by atoms with Gasteiger partial charge in [-0.15, -0.1) is 0 Å². The van der Waals surface area contributed by atoms with Gasteiger partial charge in [-0.05, 0) is 25.1 Å². The molecule has 6 heteroatoms. The summed E-state index contributed by atoms with van der Waals surface area (Å²) in [6, 6.07) is 9.19. The molecule has 0 fully saturated rings. The molecular formula is C14H19N3O2S. The maximum absolute atomic E-state index is 12.0. The quantitative estimate of drug-likeness (QED) is 0.766. The van der Waals surface area contributed by atoms with Crippen LogP contribution in [-0.4, -0.2) is 32.2 Å². The van der Waals surface area contributed by atoms with E-state index in [1.54, 1.807) is 12.3 Å². The van der Waals surface area contributed by atoms with Crippen LogP contribution < -0.4 is 10.0 Å². The molecular weight excluding hydrogens is 274 g/mol. The van der Waals surface area contributed by atoms with Crippen LogP contribution in [-0.2, 0) is 10.0 Å². The molecule has 0 radical (unpaired) electrons. The highest BCUT2D eigenvalue weighted by Crippen LogP contribution is 2.21. The van der Waals surface area contributed by atoms with E-state index in [4.69, 9.17) is 0 Å². The van der Waals surface area contributed by atoms with E-state index >= 15 is 0 Å². The van der Waals surface area contributed by atoms with Crippen LogP contribution in [0.15, 0.2) is 36.5 Å². The molecule has 0 aliphatic carbocycles. The molecule has 0 spiro atoms. The zero-order valence-corrected chi connectivity index (χ0v) is 12.3. The van der Waals surface area contributed by atoms with Crippen molar-refractivity contribution in [3.8, 4) is 0 Å². The first kappa shape index (κ1) is 14.7. The molecule has 5 nitrogen and oxygen atoms in total. The fraction of sp³-hybridized carbons (Fsp3) is 0.357. The summed E-state index contributed by atoms with van der Waals surface area (Å²) in [5.41, 5.74) is 1.19.